The Bertz CT molecular complexity index is 1140. The van der Waals surface area contributed by atoms with Crippen LogP contribution in [0.2, 0.25) is 0 Å². The summed E-state index contributed by atoms with van der Waals surface area (Å²) in [7, 11) is 1.61. The van der Waals surface area contributed by atoms with E-state index in [1.165, 1.54) is 11.0 Å². The lowest BCUT2D eigenvalue weighted by Crippen LogP contribution is -2.38. The zero-order valence-electron chi connectivity index (χ0n) is 17.9. The fourth-order valence-corrected chi connectivity index (χ4v) is 3.37. The van der Waals surface area contributed by atoms with E-state index in [0.717, 1.165) is 21.3 Å². The van der Waals surface area contributed by atoms with Crippen LogP contribution in [0.25, 0.3) is 0 Å². The predicted molar refractivity (Wildman–Crippen MR) is 132 cm³/mol. The van der Waals surface area contributed by atoms with E-state index in [1.807, 2.05) is 30.3 Å². The number of anilines is 1. The lowest BCUT2D eigenvalue weighted by atomic mass is 10.1. The molecule has 170 valence electrons. The van der Waals surface area contributed by atoms with Gasteiger partial charge < -0.3 is 15.0 Å². The smallest absolute Gasteiger partial charge is 0.255 e. The number of rotatable bonds is 9. The molecule has 0 aliphatic rings. The Morgan fingerprint density at radius 3 is 2.39 bits per heavy atom. The Morgan fingerprint density at radius 1 is 1.00 bits per heavy atom. The fraction of sp³-hybridized carbons (Fsp3) is 0.160. The molecule has 0 heterocycles. The van der Waals surface area contributed by atoms with Crippen molar-refractivity contribution in [1.82, 2.24) is 5.32 Å². The number of halogens is 2. The van der Waals surface area contributed by atoms with Crippen molar-refractivity contribution in [2.75, 3.05) is 25.1 Å². The molecule has 8 heteroatoms. The molecular weight excluding hydrogens is 538 g/mol. The molecule has 0 spiro atoms. The van der Waals surface area contributed by atoms with Crippen LogP contribution in [-0.2, 0) is 16.0 Å². The summed E-state index contributed by atoms with van der Waals surface area (Å²) in [5, 5.41) is 2.52. The van der Waals surface area contributed by atoms with Crippen LogP contribution < -0.4 is 15.0 Å². The predicted octanol–water partition coefficient (Wildman–Crippen LogP) is 4.01. The first-order chi connectivity index (χ1) is 15.8. The van der Waals surface area contributed by atoms with E-state index in [4.69, 9.17) is 4.74 Å². The number of ketones is 1. The number of para-hydroxylation sites is 1. The molecule has 0 saturated carbocycles. The summed E-state index contributed by atoms with van der Waals surface area (Å²) in [6.07, 6.45) is 0.161. The average molecular weight is 560 g/mol. The molecular formula is C25H22FIN2O4. The SMILES string of the molecule is CN(C(=O)CNC(=O)c1ccc(F)cc1OCC(=O)Cc1ccc(I)cc1)c1ccccc1. The number of carbonyl (C=O) groups excluding carboxylic acids is 3. The van der Waals surface area contributed by atoms with Crippen molar-refractivity contribution in [2.24, 2.45) is 0 Å². The number of carbonyl (C=O) groups is 3. The van der Waals surface area contributed by atoms with Gasteiger partial charge in [-0.25, -0.2) is 4.39 Å². The van der Waals surface area contributed by atoms with Gasteiger partial charge in [0.05, 0.1) is 12.1 Å². The van der Waals surface area contributed by atoms with E-state index in [-0.39, 0.29) is 42.6 Å². The van der Waals surface area contributed by atoms with Crippen molar-refractivity contribution in [3.05, 3.63) is 93.3 Å². The van der Waals surface area contributed by atoms with E-state index < -0.39 is 11.7 Å². The van der Waals surface area contributed by atoms with Gasteiger partial charge in [0, 0.05) is 28.8 Å². The number of nitrogens with one attached hydrogen (secondary N) is 1. The van der Waals surface area contributed by atoms with Crippen molar-refractivity contribution in [3.8, 4) is 5.75 Å². The summed E-state index contributed by atoms with van der Waals surface area (Å²) < 4.78 is 20.3. The lowest BCUT2D eigenvalue weighted by molar-refractivity contribution is -0.120. The molecule has 0 fully saturated rings. The molecule has 0 unspecified atom stereocenters. The standard InChI is InChI=1S/C25H22FIN2O4/c1-29(20-5-3-2-4-6-20)24(31)15-28-25(32)22-12-9-18(26)14-23(22)33-16-21(30)13-17-7-10-19(27)11-8-17/h2-12,14H,13,15-16H2,1H3,(H,28,32). The number of Topliss-reactive ketones (excluding diaryl/α,β-unsaturated/α-hetero) is 1. The van der Waals surface area contributed by atoms with E-state index in [9.17, 15) is 18.8 Å². The minimum atomic E-state index is -0.607. The maximum Gasteiger partial charge on any atom is 0.255 e. The van der Waals surface area contributed by atoms with Crippen LogP contribution >= 0.6 is 22.6 Å². The molecule has 33 heavy (non-hydrogen) atoms. The number of nitrogens with zero attached hydrogens (tertiary/aromatic N) is 1. The Kier molecular flexibility index (Phi) is 8.53. The van der Waals surface area contributed by atoms with Gasteiger partial charge in [0.25, 0.3) is 5.91 Å². The fourth-order valence-electron chi connectivity index (χ4n) is 3.01. The van der Waals surface area contributed by atoms with Gasteiger partial charge in [-0.1, -0.05) is 30.3 Å². The minimum absolute atomic E-state index is 0.0358. The summed E-state index contributed by atoms with van der Waals surface area (Å²) in [5.41, 5.74) is 1.56. The molecule has 3 aromatic carbocycles. The molecule has 0 aliphatic carbocycles. The van der Waals surface area contributed by atoms with Crippen molar-refractivity contribution >= 4 is 45.9 Å². The quantitative estimate of drug-likeness (QED) is 0.402. The second-order valence-corrected chi connectivity index (χ2v) is 8.49. The van der Waals surface area contributed by atoms with Crippen LogP contribution in [0.15, 0.2) is 72.8 Å². The van der Waals surface area contributed by atoms with Gasteiger partial charge in [0.2, 0.25) is 5.91 Å². The Hall–Kier alpha value is -3.27. The molecule has 3 rings (SSSR count). The highest BCUT2D eigenvalue weighted by Gasteiger charge is 2.18. The Balaban J connectivity index is 1.60. The molecule has 2 amide bonds. The highest BCUT2D eigenvalue weighted by atomic mass is 127. The zero-order valence-corrected chi connectivity index (χ0v) is 20.0. The number of hydrogen-bond donors (Lipinski definition) is 1. The molecule has 1 N–H and O–H groups in total. The molecule has 0 aromatic heterocycles. The number of ether oxygens (including phenoxy) is 1. The third kappa shape index (κ3) is 7.11. The molecule has 0 bridgehead atoms. The normalized spacial score (nSPS) is 10.4. The van der Waals surface area contributed by atoms with E-state index >= 15 is 0 Å². The van der Waals surface area contributed by atoms with E-state index in [0.29, 0.717) is 5.69 Å². The number of hydrogen-bond acceptors (Lipinski definition) is 4. The van der Waals surface area contributed by atoms with Gasteiger partial charge >= 0.3 is 0 Å². The maximum absolute atomic E-state index is 13.8. The minimum Gasteiger partial charge on any atom is -0.485 e. The van der Waals surface area contributed by atoms with Crippen molar-refractivity contribution in [2.45, 2.75) is 6.42 Å². The number of benzene rings is 3. The van der Waals surface area contributed by atoms with Crippen LogP contribution in [0.1, 0.15) is 15.9 Å². The van der Waals surface area contributed by atoms with Gasteiger partial charge in [-0.2, -0.15) is 0 Å². The maximum atomic E-state index is 13.8. The second-order valence-electron chi connectivity index (χ2n) is 7.24. The molecule has 6 nitrogen and oxygen atoms in total. The molecule has 0 aliphatic heterocycles. The lowest BCUT2D eigenvalue weighted by Gasteiger charge is -2.18. The van der Waals surface area contributed by atoms with Crippen LogP contribution in [-0.4, -0.2) is 37.8 Å². The van der Waals surface area contributed by atoms with Gasteiger partial charge in [-0.3, -0.25) is 14.4 Å². The first-order valence-electron chi connectivity index (χ1n) is 10.1. The largest absolute Gasteiger partial charge is 0.485 e. The second kappa shape index (κ2) is 11.6. The van der Waals surface area contributed by atoms with Crippen molar-refractivity contribution in [1.29, 1.82) is 0 Å². The summed E-state index contributed by atoms with van der Waals surface area (Å²) in [6.45, 7) is -0.571. The molecule has 3 aromatic rings. The van der Waals surface area contributed by atoms with Crippen LogP contribution in [0.4, 0.5) is 10.1 Å². The monoisotopic (exact) mass is 560 g/mol. The third-order valence-corrected chi connectivity index (χ3v) is 5.53. The van der Waals surface area contributed by atoms with Gasteiger partial charge in [0.1, 0.15) is 18.2 Å². The first kappa shape index (κ1) is 24.4. The zero-order chi connectivity index (χ0) is 23.8. The first-order valence-corrected chi connectivity index (χ1v) is 11.2. The van der Waals surface area contributed by atoms with Crippen LogP contribution in [0.5, 0.6) is 5.75 Å². The topological polar surface area (TPSA) is 75.7 Å². The van der Waals surface area contributed by atoms with Gasteiger partial charge in [-0.15, -0.1) is 0 Å². The van der Waals surface area contributed by atoms with Crippen LogP contribution in [0.3, 0.4) is 0 Å². The van der Waals surface area contributed by atoms with Crippen molar-refractivity contribution in [3.63, 3.8) is 0 Å². The molecule has 0 saturated heterocycles. The number of amides is 2. The highest BCUT2D eigenvalue weighted by Crippen LogP contribution is 2.20. The molecule has 0 radical (unpaired) electrons. The highest BCUT2D eigenvalue weighted by molar-refractivity contribution is 14.1. The Morgan fingerprint density at radius 2 is 1.70 bits per heavy atom. The van der Waals surface area contributed by atoms with E-state index in [1.54, 1.807) is 31.3 Å². The van der Waals surface area contributed by atoms with Crippen LogP contribution in [0, 0.1) is 9.39 Å². The van der Waals surface area contributed by atoms with Crippen molar-refractivity contribution < 1.29 is 23.5 Å². The summed E-state index contributed by atoms with van der Waals surface area (Å²) in [4.78, 5) is 38.8. The van der Waals surface area contributed by atoms with E-state index in [2.05, 4.69) is 27.9 Å². The Labute approximate surface area is 204 Å². The van der Waals surface area contributed by atoms with Gasteiger partial charge in [-0.05, 0) is 64.6 Å². The average Bonchev–Trinajstić information content (AvgIpc) is 2.82. The number of likely N-dealkylation sites (N-methyl/N-ethyl adjacent to an activating group) is 1. The van der Waals surface area contributed by atoms with Gasteiger partial charge in [0.15, 0.2) is 5.78 Å². The third-order valence-electron chi connectivity index (χ3n) is 4.81. The summed E-state index contributed by atoms with van der Waals surface area (Å²) in [5.74, 6) is -1.82. The summed E-state index contributed by atoms with van der Waals surface area (Å²) >= 11 is 2.18. The summed E-state index contributed by atoms with van der Waals surface area (Å²) in [6, 6.07) is 19.9. The molecule has 0 atom stereocenters.